The fourth-order valence-corrected chi connectivity index (χ4v) is 2.53. The standard InChI is InChI=1S/C14H17F3N2O2/c15-14(16,17)10-5-4-8-18-11(10)12(20)19-9-13(21)6-2-1-3-7-13/h4-5,8,21H,1-3,6-7,9H2,(H,19,20). The Balaban J connectivity index is 2.07. The van der Waals surface area contributed by atoms with Gasteiger partial charge in [0.05, 0.1) is 11.2 Å². The van der Waals surface area contributed by atoms with Crippen molar-refractivity contribution in [2.75, 3.05) is 6.54 Å². The summed E-state index contributed by atoms with van der Waals surface area (Å²) in [4.78, 5) is 15.4. The van der Waals surface area contributed by atoms with Crippen LogP contribution in [0.5, 0.6) is 0 Å². The molecule has 0 unspecified atom stereocenters. The fraction of sp³-hybridized carbons (Fsp3) is 0.571. The number of alkyl halides is 3. The molecule has 21 heavy (non-hydrogen) atoms. The number of pyridine rings is 1. The molecule has 2 rings (SSSR count). The van der Waals surface area contributed by atoms with Crippen LogP contribution in [-0.4, -0.2) is 28.1 Å². The molecule has 0 atom stereocenters. The van der Waals surface area contributed by atoms with Gasteiger partial charge in [-0.05, 0) is 25.0 Å². The summed E-state index contributed by atoms with van der Waals surface area (Å²) < 4.78 is 38.4. The number of halogens is 3. The molecule has 1 heterocycles. The van der Waals surface area contributed by atoms with Crippen molar-refractivity contribution in [1.82, 2.24) is 10.3 Å². The van der Waals surface area contributed by atoms with Crippen molar-refractivity contribution in [2.45, 2.75) is 43.9 Å². The summed E-state index contributed by atoms with van der Waals surface area (Å²) in [5.74, 6) is -0.915. The van der Waals surface area contributed by atoms with Crippen LogP contribution in [-0.2, 0) is 6.18 Å². The van der Waals surface area contributed by atoms with Crippen LogP contribution in [0.3, 0.4) is 0 Å². The molecule has 0 saturated heterocycles. The van der Waals surface area contributed by atoms with Crippen LogP contribution in [0.1, 0.15) is 48.2 Å². The minimum atomic E-state index is -4.64. The summed E-state index contributed by atoms with van der Waals surface area (Å²) in [5.41, 5.74) is -2.76. The van der Waals surface area contributed by atoms with Crippen molar-refractivity contribution in [3.63, 3.8) is 0 Å². The van der Waals surface area contributed by atoms with Gasteiger partial charge in [-0.15, -0.1) is 0 Å². The molecule has 4 nitrogen and oxygen atoms in total. The highest BCUT2D eigenvalue weighted by Crippen LogP contribution is 2.31. The van der Waals surface area contributed by atoms with E-state index in [1.165, 1.54) is 0 Å². The van der Waals surface area contributed by atoms with E-state index in [9.17, 15) is 23.1 Å². The monoisotopic (exact) mass is 302 g/mol. The summed E-state index contributed by atoms with van der Waals surface area (Å²) >= 11 is 0. The zero-order chi connectivity index (χ0) is 15.5. The first kappa shape index (κ1) is 15.8. The molecule has 1 fully saturated rings. The lowest BCUT2D eigenvalue weighted by atomic mass is 9.85. The lowest BCUT2D eigenvalue weighted by molar-refractivity contribution is -0.138. The molecule has 7 heteroatoms. The number of nitrogens with zero attached hydrogens (tertiary/aromatic N) is 1. The normalized spacial score (nSPS) is 18.3. The Hall–Kier alpha value is -1.63. The maximum Gasteiger partial charge on any atom is 0.418 e. The van der Waals surface area contributed by atoms with Gasteiger partial charge in [-0.2, -0.15) is 13.2 Å². The van der Waals surface area contributed by atoms with Gasteiger partial charge in [0.25, 0.3) is 5.91 Å². The van der Waals surface area contributed by atoms with Crippen molar-refractivity contribution in [1.29, 1.82) is 0 Å². The zero-order valence-electron chi connectivity index (χ0n) is 11.4. The van der Waals surface area contributed by atoms with E-state index >= 15 is 0 Å². The van der Waals surface area contributed by atoms with E-state index in [1.54, 1.807) is 0 Å². The van der Waals surface area contributed by atoms with E-state index in [2.05, 4.69) is 10.3 Å². The molecule has 0 bridgehead atoms. The Bertz CT molecular complexity index is 511. The van der Waals surface area contributed by atoms with Gasteiger partial charge in [0.1, 0.15) is 5.69 Å². The topological polar surface area (TPSA) is 62.2 Å². The van der Waals surface area contributed by atoms with Gasteiger partial charge in [0, 0.05) is 12.7 Å². The Morgan fingerprint density at radius 3 is 2.62 bits per heavy atom. The highest BCUT2D eigenvalue weighted by molar-refractivity contribution is 5.93. The number of aliphatic hydroxyl groups is 1. The molecule has 2 N–H and O–H groups in total. The van der Waals surface area contributed by atoms with Gasteiger partial charge in [-0.25, -0.2) is 0 Å². The summed E-state index contributed by atoms with van der Waals surface area (Å²) in [6, 6.07) is 1.95. The van der Waals surface area contributed by atoms with Crippen molar-refractivity contribution < 1.29 is 23.1 Å². The Morgan fingerprint density at radius 1 is 1.33 bits per heavy atom. The van der Waals surface area contributed by atoms with Crippen LogP contribution in [0.2, 0.25) is 0 Å². The third kappa shape index (κ3) is 3.93. The van der Waals surface area contributed by atoms with E-state index < -0.39 is 28.9 Å². The number of amides is 1. The van der Waals surface area contributed by atoms with Gasteiger partial charge in [0.15, 0.2) is 0 Å². The third-order valence-corrected chi connectivity index (χ3v) is 3.69. The smallest absolute Gasteiger partial charge is 0.388 e. The van der Waals surface area contributed by atoms with Crippen LogP contribution in [0.25, 0.3) is 0 Å². The Morgan fingerprint density at radius 2 is 2.00 bits per heavy atom. The van der Waals surface area contributed by atoms with Gasteiger partial charge in [-0.3, -0.25) is 9.78 Å². The SMILES string of the molecule is O=C(NCC1(O)CCCCC1)c1ncccc1C(F)(F)F. The number of hydrogen-bond acceptors (Lipinski definition) is 3. The van der Waals surface area contributed by atoms with Crippen molar-refractivity contribution in [3.05, 3.63) is 29.6 Å². The maximum absolute atomic E-state index is 12.8. The van der Waals surface area contributed by atoms with Gasteiger partial charge in [0.2, 0.25) is 0 Å². The predicted molar refractivity (Wildman–Crippen MR) is 69.6 cm³/mol. The molecular formula is C14H17F3N2O2. The minimum Gasteiger partial charge on any atom is -0.388 e. The molecule has 0 spiro atoms. The summed E-state index contributed by atoms with van der Waals surface area (Å²) in [6.45, 7) is -0.0558. The third-order valence-electron chi connectivity index (χ3n) is 3.69. The van der Waals surface area contributed by atoms with E-state index in [0.717, 1.165) is 37.6 Å². The maximum atomic E-state index is 12.8. The molecule has 0 aromatic carbocycles. The molecule has 1 aliphatic carbocycles. The van der Waals surface area contributed by atoms with Gasteiger partial charge in [-0.1, -0.05) is 19.3 Å². The molecule has 116 valence electrons. The molecule has 1 aromatic heterocycles. The van der Waals surface area contributed by atoms with Crippen LogP contribution < -0.4 is 5.32 Å². The highest BCUT2D eigenvalue weighted by Gasteiger charge is 2.36. The van der Waals surface area contributed by atoms with Gasteiger partial charge < -0.3 is 10.4 Å². The number of nitrogens with one attached hydrogen (secondary N) is 1. The second-order valence-electron chi connectivity index (χ2n) is 5.37. The largest absolute Gasteiger partial charge is 0.418 e. The van der Waals surface area contributed by atoms with E-state index in [4.69, 9.17) is 0 Å². The average molecular weight is 302 g/mol. The molecule has 1 aromatic rings. The summed E-state index contributed by atoms with van der Waals surface area (Å²) in [5, 5.41) is 12.6. The first-order chi connectivity index (χ1) is 9.82. The van der Waals surface area contributed by atoms with E-state index in [-0.39, 0.29) is 6.54 Å². The number of aromatic nitrogens is 1. The zero-order valence-corrected chi connectivity index (χ0v) is 11.4. The molecule has 1 aliphatic rings. The Labute approximate surface area is 120 Å². The van der Waals surface area contributed by atoms with E-state index in [0.29, 0.717) is 12.8 Å². The second kappa shape index (κ2) is 6.01. The molecule has 1 saturated carbocycles. The molecule has 0 aliphatic heterocycles. The quantitative estimate of drug-likeness (QED) is 0.902. The van der Waals surface area contributed by atoms with Crippen LogP contribution in [0, 0.1) is 0 Å². The van der Waals surface area contributed by atoms with Crippen molar-refractivity contribution in [3.8, 4) is 0 Å². The van der Waals surface area contributed by atoms with E-state index in [1.807, 2.05) is 0 Å². The van der Waals surface area contributed by atoms with Crippen LogP contribution in [0.15, 0.2) is 18.3 Å². The van der Waals surface area contributed by atoms with Crippen molar-refractivity contribution >= 4 is 5.91 Å². The number of rotatable bonds is 3. The Kier molecular flexibility index (Phi) is 4.51. The fourth-order valence-electron chi connectivity index (χ4n) is 2.53. The first-order valence-corrected chi connectivity index (χ1v) is 6.85. The van der Waals surface area contributed by atoms with Crippen LogP contribution >= 0.6 is 0 Å². The lowest BCUT2D eigenvalue weighted by Crippen LogP contribution is -2.44. The van der Waals surface area contributed by atoms with Gasteiger partial charge >= 0.3 is 6.18 Å². The van der Waals surface area contributed by atoms with Crippen LogP contribution in [0.4, 0.5) is 13.2 Å². The predicted octanol–water partition coefficient (Wildman–Crippen LogP) is 2.53. The molecule has 1 amide bonds. The minimum absolute atomic E-state index is 0.0558. The van der Waals surface area contributed by atoms with Crippen molar-refractivity contribution in [2.24, 2.45) is 0 Å². The number of carbonyl (C=O) groups is 1. The second-order valence-corrected chi connectivity index (χ2v) is 5.37. The summed E-state index contributed by atoms with van der Waals surface area (Å²) in [6.07, 6.45) is 0.313. The average Bonchev–Trinajstić information content (AvgIpc) is 2.45. The molecule has 0 radical (unpaired) electrons. The first-order valence-electron chi connectivity index (χ1n) is 6.85. The number of hydrogen-bond donors (Lipinski definition) is 2. The lowest BCUT2D eigenvalue weighted by Gasteiger charge is -2.32. The molecular weight excluding hydrogens is 285 g/mol. The highest BCUT2D eigenvalue weighted by atomic mass is 19.4. The summed E-state index contributed by atoms with van der Waals surface area (Å²) in [7, 11) is 0. The number of carbonyl (C=O) groups excluding carboxylic acids is 1.